The summed E-state index contributed by atoms with van der Waals surface area (Å²) in [7, 11) is 1.58. The number of rotatable bonds is 7. The van der Waals surface area contributed by atoms with Crippen molar-refractivity contribution in [3.05, 3.63) is 52.2 Å². The number of benzene rings is 2. The second-order valence-corrected chi connectivity index (χ2v) is 11.8. The van der Waals surface area contributed by atoms with Crippen LogP contribution in [0.4, 0.5) is 16.2 Å². The van der Waals surface area contributed by atoms with Crippen LogP contribution < -0.4 is 20.7 Å². The number of fused-ring (bicyclic) bond motifs is 1. The molecule has 1 saturated heterocycles. The molecule has 2 heterocycles. The SMILES string of the molecule is CNC(=O)c1sc(C(C)(C)C)cc1NC(=O)Nc1ccc(OCCN2CC(C)OC(C)C2)c2ccccc12. The normalized spacial score (nSPS) is 18.3. The molecule has 1 aromatic heterocycles. The van der Waals surface area contributed by atoms with E-state index < -0.39 is 6.03 Å². The van der Waals surface area contributed by atoms with Crippen LogP contribution in [0.3, 0.4) is 0 Å². The van der Waals surface area contributed by atoms with E-state index in [1.807, 2.05) is 42.5 Å². The quantitative estimate of drug-likeness (QED) is 0.359. The first kappa shape index (κ1) is 27.9. The molecule has 8 nitrogen and oxygen atoms in total. The van der Waals surface area contributed by atoms with Crippen LogP contribution in [0.1, 0.15) is 49.2 Å². The van der Waals surface area contributed by atoms with Gasteiger partial charge in [-0.3, -0.25) is 9.69 Å². The average Bonchev–Trinajstić information content (AvgIpc) is 3.28. The summed E-state index contributed by atoms with van der Waals surface area (Å²) < 4.78 is 12.0. The third-order valence-electron chi connectivity index (χ3n) is 6.45. The molecule has 3 amide bonds. The van der Waals surface area contributed by atoms with Gasteiger partial charge in [-0.05, 0) is 37.5 Å². The van der Waals surface area contributed by atoms with Gasteiger partial charge in [0.25, 0.3) is 5.91 Å². The van der Waals surface area contributed by atoms with Gasteiger partial charge < -0.3 is 25.4 Å². The number of nitrogens with zero attached hydrogens (tertiary/aromatic N) is 1. The molecule has 3 N–H and O–H groups in total. The Hall–Kier alpha value is -3.14. The van der Waals surface area contributed by atoms with Gasteiger partial charge in [0, 0.05) is 42.3 Å². The van der Waals surface area contributed by atoms with Gasteiger partial charge in [0.1, 0.15) is 17.2 Å². The highest BCUT2D eigenvalue weighted by molar-refractivity contribution is 7.14. The van der Waals surface area contributed by atoms with Crippen LogP contribution in [-0.2, 0) is 10.2 Å². The maximum Gasteiger partial charge on any atom is 0.323 e. The van der Waals surface area contributed by atoms with E-state index in [1.165, 1.54) is 11.3 Å². The van der Waals surface area contributed by atoms with Crippen molar-refractivity contribution >= 4 is 45.4 Å². The number of ether oxygens (including phenoxy) is 2. The first-order valence-corrected chi connectivity index (χ1v) is 13.8. The highest BCUT2D eigenvalue weighted by Crippen LogP contribution is 2.36. The number of carbonyl (C=O) groups is 2. The number of hydrogen-bond acceptors (Lipinski definition) is 6. The van der Waals surface area contributed by atoms with Gasteiger partial charge in [0.15, 0.2) is 0 Å². The lowest BCUT2D eigenvalue weighted by Crippen LogP contribution is -2.46. The van der Waals surface area contributed by atoms with Gasteiger partial charge >= 0.3 is 6.03 Å². The molecule has 0 aliphatic carbocycles. The fourth-order valence-electron chi connectivity index (χ4n) is 4.67. The summed E-state index contributed by atoms with van der Waals surface area (Å²) in [5.41, 5.74) is 1.01. The van der Waals surface area contributed by atoms with E-state index in [-0.39, 0.29) is 23.5 Å². The zero-order valence-electron chi connectivity index (χ0n) is 23.0. The molecular weight excluding hydrogens is 500 g/mol. The Morgan fingerprint density at radius 2 is 1.68 bits per heavy atom. The standard InChI is InChI=1S/C29H38N4O4S/c1-18-16-33(17-19(2)37-18)13-14-36-24-12-11-22(20-9-7-8-10-21(20)24)31-28(35)32-23-15-25(29(3,4)5)38-26(23)27(34)30-6/h7-12,15,18-19H,13-14,16-17H2,1-6H3,(H,30,34)(H2,31,32,35). The number of urea groups is 1. The molecule has 0 saturated carbocycles. The monoisotopic (exact) mass is 538 g/mol. The van der Waals surface area contributed by atoms with Crippen LogP contribution in [0.15, 0.2) is 42.5 Å². The molecule has 1 aliphatic heterocycles. The summed E-state index contributed by atoms with van der Waals surface area (Å²) in [5.74, 6) is 0.546. The largest absolute Gasteiger partial charge is 0.492 e. The second-order valence-electron chi connectivity index (χ2n) is 10.8. The van der Waals surface area contributed by atoms with Crippen molar-refractivity contribution in [2.45, 2.75) is 52.2 Å². The Labute approximate surface area is 228 Å². The number of hydrogen-bond donors (Lipinski definition) is 3. The van der Waals surface area contributed by atoms with Crippen molar-refractivity contribution in [2.24, 2.45) is 0 Å². The number of carbonyl (C=O) groups excluding carboxylic acids is 2. The van der Waals surface area contributed by atoms with Crippen LogP contribution in [0, 0.1) is 0 Å². The molecule has 1 fully saturated rings. The molecule has 0 bridgehead atoms. The lowest BCUT2D eigenvalue weighted by atomic mass is 9.94. The fourth-order valence-corrected chi connectivity index (χ4v) is 5.79. The molecule has 2 atom stereocenters. The Morgan fingerprint density at radius 3 is 2.34 bits per heavy atom. The van der Waals surface area contributed by atoms with E-state index in [0.717, 1.165) is 41.0 Å². The lowest BCUT2D eigenvalue weighted by Gasteiger charge is -2.35. The van der Waals surface area contributed by atoms with E-state index in [9.17, 15) is 9.59 Å². The minimum absolute atomic E-state index is 0.145. The highest BCUT2D eigenvalue weighted by atomic mass is 32.1. The number of anilines is 2. The third kappa shape index (κ3) is 6.64. The third-order valence-corrected chi connectivity index (χ3v) is 8.00. The van der Waals surface area contributed by atoms with E-state index in [2.05, 4.69) is 55.5 Å². The first-order chi connectivity index (χ1) is 18.0. The zero-order valence-corrected chi connectivity index (χ0v) is 23.8. The van der Waals surface area contributed by atoms with Gasteiger partial charge in [0.05, 0.1) is 23.6 Å². The van der Waals surface area contributed by atoms with E-state index in [1.54, 1.807) is 7.05 Å². The highest BCUT2D eigenvalue weighted by Gasteiger charge is 2.24. The van der Waals surface area contributed by atoms with Crippen LogP contribution in [0.25, 0.3) is 10.8 Å². The van der Waals surface area contributed by atoms with Crippen molar-refractivity contribution in [3.63, 3.8) is 0 Å². The summed E-state index contributed by atoms with van der Waals surface area (Å²) in [5, 5.41) is 10.3. The summed E-state index contributed by atoms with van der Waals surface area (Å²) in [6.07, 6.45) is 0.440. The van der Waals surface area contributed by atoms with Gasteiger partial charge in [-0.25, -0.2) is 4.79 Å². The lowest BCUT2D eigenvalue weighted by molar-refractivity contribution is -0.0699. The minimum Gasteiger partial charge on any atom is -0.492 e. The van der Waals surface area contributed by atoms with Gasteiger partial charge in [-0.2, -0.15) is 0 Å². The molecule has 204 valence electrons. The summed E-state index contributed by atoms with van der Waals surface area (Å²) >= 11 is 1.39. The van der Waals surface area contributed by atoms with E-state index in [0.29, 0.717) is 22.9 Å². The predicted octanol–water partition coefficient (Wildman–Crippen LogP) is 5.69. The van der Waals surface area contributed by atoms with Crippen LogP contribution in [-0.4, -0.2) is 62.3 Å². The molecule has 38 heavy (non-hydrogen) atoms. The van der Waals surface area contributed by atoms with Crippen molar-refractivity contribution in [3.8, 4) is 5.75 Å². The average molecular weight is 539 g/mol. The molecule has 0 radical (unpaired) electrons. The molecule has 1 aliphatic rings. The van der Waals surface area contributed by atoms with Gasteiger partial charge in [-0.1, -0.05) is 45.0 Å². The van der Waals surface area contributed by atoms with Crippen LogP contribution in [0.2, 0.25) is 0 Å². The summed E-state index contributed by atoms with van der Waals surface area (Å²) in [6, 6.07) is 13.0. The first-order valence-electron chi connectivity index (χ1n) is 13.0. The molecule has 2 unspecified atom stereocenters. The molecule has 4 rings (SSSR count). The van der Waals surface area contributed by atoms with Crippen molar-refractivity contribution < 1.29 is 19.1 Å². The number of nitrogens with one attached hydrogen (secondary N) is 3. The molecule has 3 aromatic rings. The predicted molar refractivity (Wildman–Crippen MR) is 155 cm³/mol. The second kappa shape index (κ2) is 11.7. The Balaban J connectivity index is 1.47. The maximum atomic E-state index is 13.0. The maximum absolute atomic E-state index is 13.0. The smallest absolute Gasteiger partial charge is 0.323 e. The Morgan fingerprint density at radius 1 is 1.03 bits per heavy atom. The van der Waals surface area contributed by atoms with Crippen molar-refractivity contribution in [2.75, 3.05) is 43.9 Å². The molecule has 9 heteroatoms. The van der Waals surface area contributed by atoms with Crippen LogP contribution >= 0.6 is 11.3 Å². The molecule has 0 spiro atoms. The minimum atomic E-state index is -0.414. The topological polar surface area (TPSA) is 91.9 Å². The Kier molecular flexibility index (Phi) is 8.60. The number of amides is 3. The van der Waals surface area contributed by atoms with Gasteiger partial charge in [-0.15, -0.1) is 11.3 Å². The number of morpholine rings is 1. The molecule has 2 aromatic carbocycles. The number of thiophene rings is 1. The fraction of sp³-hybridized carbons (Fsp3) is 0.448. The summed E-state index contributed by atoms with van der Waals surface area (Å²) in [4.78, 5) is 29.3. The van der Waals surface area contributed by atoms with Crippen LogP contribution in [0.5, 0.6) is 5.75 Å². The van der Waals surface area contributed by atoms with E-state index in [4.69, 9.17) is 9.47 Å². The zero-order chi connectivity index (χ0) is 27.4. The van der Waals surface area contributed by atoms with Crippen molar-refractivity contribution in [1.82, 2.24) is 10.2 Å². The molecular formula is C29H38N4O4S. The van der Waals surface area contributed by atoms with Crippen molar-refractivity contribution in [1.29, 1.82) is 0 Å². The van der Waals surface area contributed by atoms with E-state index >= 15 is 0 Å². The Bertz CT molecular complexity index is 1290. The summed E-state index contributed by atoms with van der Waals surface area (Å²) in [6.45, 7) is 13.6. The van der Waals surface area contributed by atoms with Gasteiger partial charge in [0.2, 0.25) is 0 Å².